The van der Waals surface area contributed by atoms with Crippen LogP contribution in [0, 0.1) is 0 Å². The van der Waals surface area contributed by atoms with Gasteiger partial charge in [-0.1, -0.05) is 11.6 Å². The molecule has 1 atom stereocenters. The molecule has 1 fully saturated rings. The lowest BCUT2D eigenvalue weighted by molar-refractivity contribution is -0.141. The molecule has 0 saturated carbocycles. The first-order valence-electron chi connectivity index (χ1n) is 9.68. The fourth-order valence-electron chi connectivity index (χ4n) is 3.86. The van der Waals surface area contributed by atoms with E-state index in [0.29, 0.717) is 48.6 Å². The SMILES string of the molecule is COc1ccc(Cl)cc1-c1cc2c(c(OC)c1)OCCN(C(=O)C1CCCO1)C2. The van der Waals surface area contributed by atoms with Crippen molar-refractivity contribution in [1.29, 1.82) is 0 Å². The number of fused-ring (bicyclic) bond motifs is 1. The van der Waals surface area contributed by atoms with Gasteiger partial charge in [-0.15, -0.1) is 0 Å². The predicted molar refractivity (Wildman–Crippen MR) is 110 cm³/mol. The van der Waals surface area contributed by atoms with Crippen LogP contribution in [0.2, 0.25) is 5.02 Å². The van der Waals surface area contributed by atoms with E-state index in [9.17, 15) is 4.79 Å². The van der Waals surface area contributed by atoms with Gasteiger partial charge in [-0.2, -0.15) is 0 Å². The molecule has 0 radical (unpaired) electrons. The van der Waals surface area contributed by atoms with Gasteiger partial charge in [0.05, 0.1) is 20.8 Å². The number of carbonyl (C=O) groups excluding carboxylic acids is 1. The third kappa shape index (κ3) is 4.00. The summed E-state index contributed by atoms with van der Waals surface area (Å²) < 4.78 is 22.7. The van der Waals surface area contributed by atoms with Crippen molar-refractivity contribution in [3.8, 4) is 28.4 Å². The van der Waals surface area contributed by atoms with Crippen LogP contribution in [0.4, 0.5) is 0 Å². The molecule has 2 heterocycles. The first-order valence-corrected chi connectivity index (χ1v) is 10.1. The largest absolute Gasteiger partial charge is 0.496 e. The maximum absolute atomic E-state index is 12.9. The van der Waals surface area contributed by atoms with Crippen molar-refractivity contribution in [2.24, 2.45) is 0 Å². The van der Waals surface area contributed by atoms with Gasteiger partial charge in [-0.25, -0.2) is 0 Å². The highest BCUT2D eigenvalue weighted by atomic mass is 35.5. The molecule has 29 heavy (non-hydrogen) atoms. The van der Waals surface area contributed by atoms with Crippen molar-refractivity contribution in [3.05, 3.63) is 40.9 Å². The van der Waals surface area contributed by atoms with E-state index in [4.69, 9.17) is 30.5 Å². The third-order valence-electron chi connectivity index (χ3n) is 5.31. The quantitative estimate of drug-likeness (QED) is 0.754. The minimum Gasteiger partial charge on any atom is -0.496 e. The Kier molecular flexibility index (Phi) is 5.83. The number of benzene rings is 2. The maximum atomic E-state index is 12.9. The van der Waals surface area contributed by atoms with Crippen LogP contribution in [0.15, 0.2) is 30.3 Å². The molecule has 154 valence electrons. The van der Waals surface area contributed by atoms with Gasteiger partial charge in [-0.3, -0.25) is 4.79 Å². The first-order chi connectivity index (χ1) is 14.1. The van der Waals surface area contributed by atoms with Gasteiger partial charge < -0.3 is 23.8 Å². The highest BCUT2D eigenvalue weighted by molar-refractivity contribution is 6.31. The molecule has 1 saturated heterocycles. The number of carbonyl (C=O) groups is 1. The van der Waals surface area contributed by atoms with E-state index in [0.717, 1.165) is 29.5 Å². The van der Waals surface area contributed by atoms with Crippen LogP contribution >= 0.6 is 11.6 Å². The molecule has 0 N–H and O–H groups in total. The second-order valence-electron chi connectivity index (χ2n) is 7.12. The number of nitrogens with zero attached hydrogens (tertiary/aromatic N) is 1. The van der Waals surface area contributed by atoms with Gasteiger partial charge in [-0.05, 0) is 48.7 Å². The number of hydrogen-bond acceptors (Lipinski definition) is 5. The Labute approximate surface area is 175 Å². The monoisotopic (exact) mass is 417 g/mol. The Hall–Kier alpha value is -2.44. The highest BCUT2D eigenvalue weighted by Gasteiger charge is 2.31. The number of amides is 1. The molecule has 0 aliphatic carbocycles. The third-order valence-corrected chi connectivity index (χ3v) is 5.54. The topological polar surface area (TPSA) is 57.2 Å². The summed E-state index contributed by atoms with van der Waals surface area (Å²) in [7, 11) is 3.23. The van der Waals surface area contributed by atoms with E-state index >= 15 is 0 Å². The van der Waals surface area contributed by atoms with Crippen LogP contribution in [0.25, 0.3) is 11.1 Å². The Morgan fingerprint density at radius 3 is 2.69 bits per heavy atom. The van der Waals surface area contributed by atoms with Crippen molar-refractivity contribution in [3.63, 3.8) is 0 Å². The van der Waals surface area contributed by atoms with Crippen LogP contribution in [0.1, 0.15) is 18.4 Å². The number of ether oxygens (including phenoxy) is 4. The van der Waals surface area contributed by atoms with Gasteiger partial charge in [0.25, 0.3) is 5.91 Å². The highest BCUT2D eigenvalue weighted by Crippen LogP contribution is 2.41. The molecule has 0 bridgehead atoms. The molecule has 6 nitrogen and oxygen atoms in total. The van der Waals surface area contributed by atoms with Gasteiger partial charge in [0, 0.05) is 29.3 Å². The molecule has 7 heteroatoms. The van der Waals surface area contributed by atoms with Crippen LogP contribution in [0.3, 0.4) is 0 Å². The first kappa shape index (κ1) is 19.9. The van der Waals surface area contributed by atoms with Crippen molar-refractivity contribution in [1.82, 2.24) is 4.90 Å². The summed E-state index contributed by atoms with van der Waals surface area (Å²) in [4.78, 5) is 14.7. The standard InChI is InChI=1S/C22H24ClNO5/c1-26-18-6-5-16(23)12-17(18)14-10-15-13-24(22(25)19-4-3-8-28-19)7-9-29-21(15)20(11-14)27-2/h5-6,10-12,19H,3-4,7-9,13H2,1-2H3. The second kappa shape index (κ2) is 8.51. The summed E-state index contributed by atoms with van der Waals surface area (Å²) in [5, 5.41) is 0.612. The molecule has 1 unspecified atom stereocenters. The molecule has 0 spiro atoms. The summed E-state index contributed by atoms with van der Waals surface area (Å²) in [5.74, 6) is 2.01. The van der Waals surface area contributed by atoms with E-state index in [1.165, 1.54) is 0 Å². The van der Waals surface area contributed by atoms with E-state index < -0.39 is 0 Å². The Bertz CT molecular complexity index is 910. The van der Waals surface area contributed by atoms with Gasteiger partial charge in [0.2, 0.25) is 0 Å². The molecular weight excluding hydrogens is 394 g/mol. The molecule has 2 aliphatic rings. The molecule has 2 aromatic rings. The molecular formula is C22H24ClNO5. The zero-order valence-corrected chi connectivity index (χ0v) is 17.3. The van der Waals surface area contributed by atoms with Crippen molar-refractivity contribution >= 4 is 17.5 Å². The molecule has 4 rings (SSSR count). The number of rotatable bonds is 4. The van der Waals surface area contributed by atoms with Crippen molar-refractivity contribution in [2.45, 2.75) is 25.5 Å². The normalized spacial score (nSPS) is 18.6. The second-order valence-corrected chi connectivity index (χ2v) is 7.56. The molecule has 2 aromatic carbocycles. The minimum atomic E-state index is -0.352. The summed E-state index contributed by atoms with van der Waals surface area (Å²) in [6, 6.07) is 9.39. The van der Waals surface area contributed by atoms with Gasteiger partial charge >= 0.3 is 0 Å². The summed E-state index contributed by atoms with van der Waals surface area (Å²) >= 11 is 6.23. The lowest BCUT2D eigenvalue weighted by Gasteiger charge is -2.23. The molecule has 1 amide bonds. The lowest BCUT2D eigenvalue weighted by Crippen LogP contribution is -2.39. The van der Waals surface area contributed by atoms with Crippen LogP contribution in [-0.2, 0) is 16.1 Å². The summed E-state index contributed by atoms with van der Waals surface area (Å²) in [6.45, 7) is 1.99. The number of halogens is 1. The number of hydrogen-bond donors (Lipinski definition) is 0. The Balaban J connectivity index is 1.73. The fraction of sp³-hybridized carbons (Fsp3) is 0.409. The molecule has 0 aromatic heterocycles. The zero-order chi connectivity index (χ0) is 20.4. The average molecular weight is 418 g/mol. The van der Waals surface area contributed by atoms with E-state index in [1.54, 1.807) is 25.2 Å². The molecule has 2 aliphatic heterocycles. The van der Waals surface area contributed by atoms with E-state index in [1.807, 2.05) is 24.3 Å². The maximum Gasteiger partial charge on any atom is 0.252 e. The Morgan fingerprint density at radius 1 is 1.14 bits per heavy atom. The minimum absolute atomic E-state index is 0.0173. The van der Waals surface area contributed by atoms with Crippen molar-refractivity contribution < 1.29 is 23.7 Å². The van der Waals surface area contributed by atoms with Crippen LogP contribution in [0.5, 0.6) is 17.2 Å². The summed E-state index contributed by atoms with van der Waals surface area (Å²) in [5.41, 5.74) is 2.61. The van der Waals surface area contributed by atoms with Gasteiger partial charge in [0.15, 0.2) is 11.5 Å². The smallest absolute Gasteiger partial charge is 0.252 e. The zero-order valence-electron chi connectivity index (χ0n) is 16.6. The Morgan fingerprint density at radius 2 is 1.97 bits per heavy atom. The summed E-state index contributed by atoms with van der Waals surface area (Å²) in [6.07, 6.45) is 1.34. The van der Waals surface area contributed by atoms with E-state index in [-0.39, 0.29) is 12.0 Å². The van der Waals surface area contributed by atoms with Crippen LogP contribution < -0.4 is 14.2 Å². The van der Waals surface area contributed by atoms with Crippen LogP contribution in [-0.4, -0.2) is 50.9 Å². The van der Waals surface area contributed by atoms with E-state index in [2.05, 4.69) is 0 Å². The average Bonchev–Trinajstić information content (AvgIpc) is 3.19. The number of methoxy groups -OCH3 is 2. The predicted octanol–water partition coefficient (Wildman–Crippen LogP) is 3.92. The lowest BCUT2D eigenvalue weighted by atomic mass is 10.00. The van der Waals surface area contributed by atoms with Gasteiger partial charge in [0.1, 0.15) is 18.5 Å². The fourth-order valence-corrected chi connectivity index (χ4v) is 4.03. The van der Waals surface area contributed by atoms with Crippen molar-refractivity contribution in [2.75, 3.05) is 34.0 Å².